The van der Waals surface area contributed by atoms with Gasteiger partial charge in [-0.25, -0.2) is 4.79 Å². The van der Waals surface area contributed by atoms with Crippen molar-refractivity contribution in [2.24, 2.45) is 11.8 Å². The van der Waals surface area contributed by atoms with Gasteiger partial charge in [0.05, 0.1) is 0 Å². The lowest BCUT2D eigenvalue weighted by atomic mass is 10.1. The molecule has 1 aromatic carbocycles. The molecule has 1 amide bonds. The average molecular weight is 328 g/mol. The minimum Gasteiger partial charge on any atom is -0.444 e. The van der Waals surface area contributed by atoms with Crippen molar-refractivity contribution in [3.8, 4) is 0 Å². The fourth-order valence-corrected chi connectivity index (χ4v) is 4.22. The number of fused-ring (bicyclic) bond motifs is 2. The molecule has 2 fully saturated rings. The van der Waals surface area contributed by atoms with Crippen LogP contribution in [-0.2, 0) is 24.4 Å². The molecule has 130 valence electrons. The Morgan fingerprint density at radius 1 is 1.25 bits per heavy atom. The first-order valence-corrected chi connectivity index (χ1v) is 9.21. The standard InChI is InChI=1S/C20H28N2O2/c1-20(2,3)24-19(23)22-11-15-5-4-13(8-16(15)12-22)10-21-18-7-6-14-9-17(14)18/h4-5,8,14,17-18,21H,6-7,9-12H2,1-3H3. The number of carbonyl (C=O) groups is 1. The summed E-state index contributed by atoms with van der Waals surface area (Å²) in [7, 11) is 0. The topological polar surface area (TPSA) is 41.6 Å². The van der Waals surface area contributed by atoms with Crippen LogP contribution in [0.4, 0.5) is 4.79 Å². The van der Waals surface area contributed by atoms with Crippen LogP contribution in [0.5, 0.6) is 0 Å². The van der Waals surface area contributed by atoms with E-state index in [1.54, 1.807) is 4.90 Å². The second kappa shape index (κ2) is 5.76. The van der Waals surface area contributed by atoms with Gasteiger partial charge < -0.3 is 10.1 Å². The summed E-state index contributed by atoms with van der Waals surface area (Å²) in [5, 5.41) is 3.74. The van der Waals surface area contributed by atoms with E-state index < -0.39 is 5.60 Å². The molecule has 24 heavy (non-hydrogen) atoms. The Morgan fingerprint density at radius 3 is 2.71 bits per heavy atom. The molecule has 2 aliphatic carbocycles. The molecule has 3 atom stereocenters. The van der Waals surface area contributed by atoms with Crippen LogP contribution in [0.15, 0.2) is 18.2 Å². The van der Waals surface area contributed by atoms with Crippen molar-refractivity contribution in [1.29, 1.82) is 0 Å². The Bertz CT molecular complexity index is 650. The Balaban J connectivity index is 1.35. The van der Waals surface area contributed by atoms with Gasteiger partial charge in [0.15, 0.2) is 0 Å². The Morgan fingerprint density at radius 2 is 2.04 bits per heavy atom. The number of nitrogens with zero attached hydrogens (tertiary/aromatic N) is 1. The van der Waals surface area contributed by atoms with Crippen molar-refractivity contribution in [3.63, 3.8) is 0 Å². The van der Waals surface area contributed by atoms with E-state index in [1.165, 1.54) is 36.0 Å². The number of nitrogens with one attached hydrogen (secondary N) is 1. The number of benzene rings is 1. The van der Waals surface area contributed by atoms with Crippen LogP contribution >= 0.6 is 0 Å². The minimum atomic E-state index is -0.442. The van der Waals surface area contributed by atoms with Crippen molar-refractivity contribution in [2.45, 2.75) is 71.3 Å². The van der Waals surface area contributed by atoms with Gasteiger partial charge in [-0.1, -0.05) is 18.2 Å². The molecule has 1 aliphatic heterocycles. The average Bonchev–Trinajstić information content (AvgIpc) is 2.99. The molecule has 0 saturated heterocycles. The highest BCUT2D eigenvalue weighted by molar-refractivity contribution is 5.69. The summed E-state index contributed by atoms with van der Waals surface area (Å²) in [5.74, 6) is 1.96. The van der Waals surface area contributed by atoms with Crippen LogP contribution in [0.1, 0.15) is 56.7 Å². The molecule has 1 heterocycles. The lowest BCUT2D eigenvalue weighted by Gasteiger charge is -2.24. The molecule has 4 rings (SSSR count). The minimum absolute atomic E-state index is 0.218. The van der Waals surface area contributed by atoms with E-state index in [9.17, 15) is 4.79 Å². The smallest absolute Gasteiger partial charge is 0.410 e. The van der Waals surface area contributed by atoms with Crippen LogP contribution in [0.3, 0.4) is 0 Å². The molecule has 1 N–H and O–H groups in total. The van der Waals surface area contributed by atoms with Crippen molar-refractivity contribution < 1.29 is 9.53 Å². The maximum Gasteiger partial charge on any atom is 0.410 e. The number of rotatable bonds is 3. The summed E-state index contributed by atoms with van der Waals surface area (Å²) in [4.78, 5) is 14.0. The van der Waals surface area contributed by atoms with Crippen LogP contribution in [0, 0.1) is 11.8 Å². The number of hydrogen-bond donors (Lipinski definition) is 1. The SMILES string of the molecule is CC(C)(C)OC(=O)N1Cc2ccc(CNC3CCC4CC43)cc2C1. The zero-order valence-electron chi connectivity index (χ0n) is 15.0. The second-order valence-electron chi connectivity index (χ2n) is 8.66. The molecule has 3 aliphatic rings. The van der Waals surface area contributed by atoms with E-state index in [0.29, 0.717) is 13.1 Å². The Kier molecular flexibility index (Phi) is 3.83. The summed E-state index contributed by atoms with van der Waals surface area (Å²) < 4.78 is 5.49. The first kappa shape index (κ1) is 15.9. The molecule has 0 radical (unpaired) electrons. The number of hydrogen-bond acceptors (Lipinski definition) is 3. The van der Waals surface area contributed by atoms with E-state index in [1.807, 2.05) is 20.8 Å². The predicted molar refractivity (Wildman–Crippen MR) is 93.4 cm³/mol. The monoisotopic (exact) mass is 328 g/mol. The van der Waals surface area contributed by atoms with Gasteiger partial charge in [-0.15, -0.1) is 0 Å². The van der Waals surface area contributed by atoms with E-state index in [4.69, 9.17) is 4.74 Å². The third-order valence-corrected chi connectivity index (χ3v) is 5.56. The summed E-state index contributed by atoms with van der Waals surface area (Å²) in [5.41, 5.74) is 3.38. The van der Waals surface area contributed by atoms with Crippen LogP contribution in [0.2, 0.25) is 0 Å². The quantitative estimate of drug-likeness (QED) is 0.917. The molecule has 0 bridgehead atoms. The summed E-state index contributed by atoms with van der Waals surface area (Å²) >= 11 is 0. The van der Waals surface area contributed by atoms with Gasteiger partial charge in [0, 0.05) is 25.7 Å². The van der Waals surface area contributed by atoms with Gasteiger partial charge in [-0.2, -0.15) is 0 Å². The summed E-state index contributed by atoms with van der Waals surface area (Å²) in [6.07, 6.45) is 3.97. The normalized spacial score (nSPS) is 27.8. The van der Waals surface area contributed by atoms with E-state index >= 15 is 0 Å². The zero-order chi connectivity index (χ0) is 16.9. The van der Waals surface area contributed by atoms with Crippen LogP contribution < -0.4 is 5.32 Å². The predicted octanol–water partition coefficient (Wildman–Crippen LogP) is 3.83. The number of carbonyl (C=O) groups excluding carboxylic acids is 1. The maximum atomic E-state index is 12.2. The van der Waals surface area contributed by atoms with Crippen molar-refractivity contribution >= 4 is 6.09 Å². The molecule has 2 saturated carbocycles. The second-order valence-corrected chi connectivity index (χ2v) is 8.66. The molecule has 1 aromatic rings. The molecule has 0 spiro atoms. The summed E-state index contributed by atoms with van der Waals surface area (Å²) in [6.45, 7) is 7.98. The van der Waals surface area contributed by atoms with Gasteiger partial charge in [0.25, 0.3) is 0 Å². The Hall–Kier alpha value is -1.55. The van der Waals surface area contributed by atoms with Crippen molar-refractivity contribution in [3.05, 3.63) is 34.9 Å². The molecule has 4 nitrogen and oxygen atoms in total. The first-order chi connectivity index (χ1) is 11.4. The highest BCUT2D eigenvalue weighted by Gasteiger charge is 2.47. The van der Waals surface area contributed by atoms with Gasteiger partial charge >= 0.3 is 6.09 Å². The first-order valence-electron chi connectivity index (χ1n) is 9.21. The molecular formula is C20H28N2O2. The molecular weight excluding hydrogens is 300 g/mol. The number of amides is 1. The lowest BCUT2D eigenvalue weighted by Crippen LogP contribution is -2.33. The largest absolute Gasteiger partial charge is 0.444 e. The van der Waals surface area contributed by atoms with Gasteiger partial charge in [-0.3, -0.25) is 4.90 Å². The van der Waals surface area contributed by atoms with Crippen molar-refractivity contribution in [2.75, 3.05) is 0 Å². The summed E-state index contributed by atoms with van der Waals surface area (Å²) in [6, 6.07) is 7.35. The van der Waals surface area contributed by atoms with E-state index in [-0.39, 0.29) is 6.09 Å². The van der Waals surface area contributed by atoms with E-state index in [0.717, 1.165) is 24.4 Å². The molecule has 3 unspecified atom stereocenters. The third-order valence-electron chi connectivity index (χ3n) is 5.56. The van der Waals surface area contributed by atoms with Crippen molar-refractivity contribution in [1.82, 2.24) is 10.2 Å². The lowest BCUT2D eigenvalue weighted by molar-refractivity contribution is 0.0242. The van der Waals surface area contributed by atoms with Gasteiger partial charge in [0.1, 0.15) is 5.60 Å². The van der Waals surface area contributed by atoms with Crippen LogP contribution in [0.25, 0.3) is 0 Å². The zero-order valence-corrected chi connectivity index (χ0v) is 15.0. The molecule has 4 heteroatoms. The fraction of sp³-hybridized carbons (Fsp3) is 0.650. The van der Waals surface area contributed by atoms with Gasteiger partial charge in [0.2, 0.25) is 0 Å². The van der Waals surface area contributed by atoms with Crippen LogP contribution in [-0.4, -0.2) is 22.6 Å². The third kappa shape index (κ3) is 3.30. The highest BCUT2D eigenvalue weighted by Crippen LogP contribution is 2.51. The highest BCUT2D eigenvalue weighted by atomic mass is 16.6. The molecule has 0 aromatic heterocycles. The fourth-order valence-electron chi connectivity index (χ4n) is 4.22. The Labute approximate surface area is 144 Å². The number of ether oxygens (including phenoxy) is 1. The van der Waals surface area contributed by atoms with E-state index in [2.05, 4.69) is 23.5 Å². The van der Waals surface area contributed by atoms with Gasteiger partial charge in [-0.05, 0) is 68.6 Å². The maximum absolute atomic E-state index is 12.2.